The van der Waals surface area contributed by atoms with Crippen LogP contribution in [0.25, 0.3) is 0 Å². The first-order valence-electron chi connectivity index (χ1n) is 9.20. The van der Waals surface area contributed by atoms with Gasteiger partial charge >= 0.3 is 0 Å². The van der Waals surface area contributed by atoms with Crippen molar-refractivity contribution in [2.45, 2.75) is 45.4 Å². The highest BCUT2D eigenvalue weighted by Crippen LogP contribution is 2.26. The smallest absolute Gasteiger partial charge is 0.249 e. The van der Waals surface area contributed by atoms with E-state index < -0.39 is 0 Å². The molecule has 2 aromatic rings. The Morgan fingerprint density at radius 2 is 2.31 bits per heavy atom. The largest absolute Gasteiger partial charge is 0.373 e. The van der Waals surface area contributed by atoms with Crippen molar-refractivity contribution < 1.29 is 9.53 Å². The molecule has 6 nitrogen and oxygen atoms in total. The summed E-state index contributed by atoms with van der Waals surface area (Å²) in [4.78, 5) is 23.5. The van der Waals surface area contributed by atoms with Crippen molar-refractivity contribution in [1.82, 2.24) is 19.4 Å². The predicted molar refractivity (Wildman–Crippen MR) is 97.2 cm³/mol. The molecule has 26 heavy (non-hydrogen) atoms. The minimum Gasteiger partial charge on any atom is -0.373 e. The standard InChI is InChI=1S/C20H24N4O2/c1-15-5-4-8-17(22-15)12-26-13-19-11-23(10-18-9-21-14-24(18)19)20(25)16-6-2-3-7-16/h4-6,8-9,14,19H,2-3,7,10-13H2,1H3/t19-/m0/s1. The van der Waals surface area contributed by atoms with E-state index in [4.69, 9.17) is 4.74 Å². The lowest BCUT2D eigenvalue weighted by molar-refractivity contribution is -0.129. The molecule has 6 heteroatoms. The fourth-order valence-corrected chi connectivity index (χ4v) is 3.72. The molecule has 1 aliphatic heterocycles. The van der Waals surface area contributed by atoms with Gasteiger partial charge in [0.05, 0.1) is 43.5 Å². The van der Waals surface area contributed by atoms with Crippen LogP contribution in [0.1, 0.15) is 42.4 Å². The fourth-order valence-electron chi connectivity index (χ4n) is 3.72. The van der Waals surface area contributed by atoms with Crippen LogP contribution in [0.3, 0.4) is 0 Å². The van der Waals surface area contributed by atoms with Crippen molar-refractivity contribution in [2.75, 3.05) is 13.2 Å². The third-order valence-corrected chi connectivity index (χ3v) is 5.03. The second-order valence-electron chi connectivity index (χ2n) is 7.04. The SMILES string of the molecule is Cc1cccc(COC[C@@H]2CN(C(=O)C3=CCCC3)Cc3cncn32)n1. The van der Waals surface area contributed by atoms with Gasteiger partial charge in [-0.05, 0) is 38.3 Å². The minimum atomic E-state index is 0.0806. The minimum absolute atomic E-state index is 0.0806. The fraction of sp³-hybridized carbons (Fsp3) is 0.450. The maximum Gasteiger partial charge on any atom is 0.249 e. The quantitative estimate of drug-likeness (QED) is 0.830. The lowest BCUT2D eigenvalue weighted by atomic mass is 10.1. The van der Waals surface area contributed by atoms with Gasteiger partial charge in [0.15, 0.2) is 0 Å². The Balaban J connectivity index is 1.42. The Labute approximate surface area is 153 Å². The maximum atomic E-state index is 12.8. The van der Waals surface area contributed by atoms with Crippen molar-refractivity contribution in [3.63, 3.8) is 0 Å². The summed E-state index contributed by atoms with van der Waals surface area (Å²) in [6.45, 7) is 4.25. The summed E-state index contributed by atoms with van der Waals surface area (Å²) in [5.41, 5.74) is 3.94. The number of allylic oxidation sites excluding steroid dienone is 1. The van der Waals surface area contributed by atoms with E-state index in [1.165, 1.54) is 0 Å². The van der Waals surface area contributed by atoms with Crippen LogP contribution in [0.15, 0.2) is 42.4 Å². The molecule has 0 radical (unpaired) electrons. The molecule has 0 N–H and O–H groups in total. The highest BCUT2D eigenvalue weighted by molar-refractivity contribution is 5.93. The second kappa shape index (κ2) is 7.41. The first-order valence-corrected chi connectivity index (χ1v) is 9.20. The number of hydrogen-bond donors (Lipinski definition) is 0. The average Bonchev–Trinajstić information content (AvgIpc) is 3.33. The number of ether oxygens (including phenoxy) is 1. The van der Waals surface area contributed by atoms with Gasteiger partial charge in [-0.2, -0.15) is 0 Å². The lowest BCUT2D eigenvalue weighted by Gasteiger charge is -2.34. The first kappa shape index (κ1) is 17.0. The first-order chi connectivity index (χ1) is 12.7. The third-order valence-electron chi connectivity index (χ3n) is 5.03. The summed E-state index contributed by atoms with van der Waals surface area (Å²) in [5, 5.41) is 0. The molecule has 0 fully saturated rings. The molecule has 136 valence electrons. The molecule has 0 unspecified atom stereocenters. The van der Waals surface area contributed by atoms with E-state index in [-0.39, 0.29) is 11.9 Å². The van der Waals surface area contributed by atoms with Gasteiger partial charge in [-0.3, -0.25) is 9.78 Å². The van der Waals surface area contributed by atoms with Crippen LogP contribution in [0, 0.1) is 6.92 Å². The number of rotatable bonds is 5. The van der Waals surface area contributed by atoms with Crippen LogP contribution in [-0.2, 0) is 22.7 Å². The zero-order chi connectivity index (χ0) is 17.9. The number of hydrogen-bond acceptors (Lipinski definition) is 4. The summed E-state index contributed by atoms with van der Waals surface area (Å²) in [5.74, 6) is 0.167. The Bertz CT molecular complexity index is 827. The molecular formula is C20H24N4O2. The Morgan fingerprint density at radius 1 is 1.38 bits per heavy atom. The van der Waals surface area contributed by atoms with Gasteiger partial charge in [-0.25, -0.2) is 4.98 Å². The summed E-state index contributed by atoms with van der Waals surface area (Å²) in [7, 11) is 0. The maximum absolute atomic E-state index is 12.8. The second-order valence-corrected chi connectivity index (χ2v) is 7.04. The molecule has 1 atom stereocenters. The van der Waals surface area contributed by atoms with E-state index in [1.807, 2.05) is 42.5 Å². The number of carbonyl (C=O) groups excluding carboxylic acids is 1. The molecular weight excluding hydrogens is 328 g/mol. The van der Waals surface area contributed by atoms with Crippen LogP contribution in [0.5, 0.6) is 0 Å². The van der Waals surface area contributed by atoms with Crippen molar-refractivity contribution in [1.29, 1.82) is 0 Å². The van der Waals surface area contributed by atoms with Gasteiger partial charge in [0, 0.05) is 24.0 Å². The van der Waals surface area contributed by atoms with Gasteiger partial charge in [0.1, 0.15) is 0 Å². The predicted octanol–water partition coefficient (Wildman–Crippen LogP) is 2.80. The zero-order valence-corrected chi connectivity index (χ0v) is 15.1. The van der Waals surface area contributed by atoms with E-state index >= 15 is 0 Å². The highest BCUT2D eigenvalue weighted by Gasteiger charge is 2.30. The number of aryl methyl sites for hydroxylation is 1. The van der Waals surface area contributed by atoms with Gasteiger partial charge in [0.2, 0.25) is 5.91 Å². The molecule has 0 saturated heterocycles. The highest BCUT2D eigenvalue weighted by atomic mass is 16.5. The van der Waals surface area contributed by atoms with Crippen molar-refractivity contribution in [3.8, 4) is 0 Å². The number of carbonyl (C=O) groups is 1. The zero-order valence-electron chi connectivity index (χ0n) is 15.1. The van der Waals surface area contributed by atoms with Crippen LogP contribution in [0.2, 0.25) is 0 Å². The Kier molecular flexibility index (Phi) is 4.84. The van der Waals surface area contributed by atoms with Crippen LogP contribution < -0.4 is 0 Å². The molecule has 4 rings (SSSR count). The van der Waals surface area contributed by atoms with Crippen LogP contribution in [-0.4, -0.2) is 38.5 Å². The van der Waals surface area contributed by atoms with Crippen LogP contribution in [0.4, 0.5) is 0 Å². The monoisotopic (exact) mass is 352 g/mol. The Morgan fingerprint density at radius 3 is 3.12 bits per heavy atom. The number of amides is 1. The third kappa shape index (κ3) is 3.55. The summed E-state index contributed by atoms with van der Waals surface area (Å²) < 4.78 is 8.07. The molecule has 1 aliphatic carbocycles. The molecule has 0 saturated carbocycles. The Hall–Kier alpha value is -2.47. The van der Waals surface area contributed by atoms with Crippen molar-refractivity contribution >= 4 is 5.91 Å². The normalized spacial score (nSPS) is 19.3. The molecule has 2 aromatic heterocycles. The molecule has 2 aliphatic rings. The molecule has 0 bridgehead atoms. The lowest BCUT2D eigenvalue weighted by Crippen LogP contribution is -2.42. The number of fused-ring (bicyclic) bond motifs is 1. The van der Waals surface area contributed by atoms with E-state index in [0.29, 0.717) is 26.3 Å². The average molecular weight is 352 g/mol. The molecule has 3 heterocycles. The number of pyridine rings is 1. The summed E-state index contributed by atoms with van der Waals surface area (Å²) >= 11 is 0. The van der Waals surface area contributed by atoms with Crippen molar-refractivity contribution in [2.24, 2.45) is 0 Å². The van der Waals surface area contributed by atoms with E-state index in [0.717, 1.165) is 41.9 Å². The summed E-state index contributed by atoms with van der Waals surface area (Å²) in [6, 6.07) is 6.02. The summed E-state index contributed by atoms with van der Waals surface area (Å²) in [6.07, 6.45) is 8.77. The topological polar surface area (TPSA) is 60.2 Å². The molecule has 0 aromatic carbocycles. The number of nitrogens with zero attached hydrogens (tertiary/aromatic N) is 4. The van der Waals surface area contributed by atoms with E-state index in [1.54, 1.807) is 0 Å². The van der Waals surface area contributed by atoms with Crippen molar-refractivity contribution in [3.05, 3.63) is 59.5 Å². The van der Waals surface area contributed by atoms with Gasteiger partial charge in [0.25, 0.3) is 0 Å². The number of aromatic nitrogens is 3. The number of imidazole rings is 1. The van der Waals surface area contributed by atoms with Gasteiger partial charge in [-0.1, -0.05) is 12.1 Å². The molecule has 0 spiro atoms. The van der Waals surface area contributed by atoms with E-state index in [2.05, 4.69) is 20.6 Å². The van der Waals surface area contributed by atoms with E-state index in [9.17, 15) is 4.79 Å². The van der Waals surface area contributed by atoms with Gasteiger partial charge < -0.3 is 14.2 Å². The molecule has 1 amide bonds. The van der Waals surface area contributed by atoms with Gasteiger partial charge in [-0.15, -0.1) is 0 Å². The van der Waals surface area contributed by atoms with Crippen LogP contribution >= 0.6 is 0 Å².